The fourth-order valence-electron chi connectivity index (χ4n) is 2.30. The third-order valence-corrected chi connectivity index (χ3v) is 3.45. The second-order valence-electron chi connectivity index (χ2n) is 5.49. The Labute approximate surface area is 150 Å². The number of hydrogen-bond donors (Lipinski definition) is 2. The Morgan fingerprint density at radius 3 is 2.46 bits per heavy atom. The van der Waals surface area contributed by atoms with E-state index >= 15 is 0 Å². The molecule has 3 rings (SSSR count). The molecular formula is C19H18F2N4O. The molecule has 2 N–H and O–H groups in total. The summed E-state index contributed by atoms with van der Waals surface area (Å²) in [5, 5.41) is 6.08. The number of para-hydroxylation sites is 1. The summed E-state index contributed by atoms with van der Waals surface area (Å²) in [6.45, 7) is 1.25. The summed E-state index contributed by atoms with van der Waals surface area (Å²) in [5.41, 5.74) is 0.492. The van der Waals surface area contributed by atoms with E-state index < -0.39 is 11.6 Å². The zero-order valence-corrected chi connectivity index (χ0v) is 14.0. The molecule has 0 aliphatic rings. The summed E-state index contributed by atoms with van der Waals surface area (Å²) in [5.74, 6) is 0.580. The van der Waals surface area contributed by atoms with Crippen molar-refractivity contribution in [1.82, 2.24) is 9.97 Å². The van der Waals surface area contributed by atoms with E-state index in [4.69, 9.17) is 4.74 Å². The van der Waals surface area contributed by atoms with Crippen molar-refractivity contribution in [3.63, 3.8) is 0 Å². The topological polar surface area (TPSA) is 59.1 Å². The van der Waals surface area contributed by atoms with Crippen LogP contribution in [0.1, 0.15) is 5.56 Å². The van der Waals surface area contributed by atoms with Crippen LogP contribution in [-0.4, -0.2) is 23.1 Å². The predicted molar refractivity (Wildman–Crippen MR) is 96.1 cm³/mol. The molecule has 0 spiro atoms. The number of hydrogen-bond acceptors (Lipinski definition) is 5. The summed E-state index contributed by atoms with van der Waals surface area (Å²) in [6.07, 6.45) is 1.60. The number of nitrogens with one attached hydrogen (secondary N) is 2. The van der Waals surface area contributed by atoms with Crippen LogP contribution in [0.2, 0.25) is 0 Å². The van der Waals surface area contributed by atoms with Crippen molar-refractivity contribution in [3.8, 4) is 5.75 Å². The predicted octanol–water partition coefficient (Wildman–Crippen LogP) is 3.86. The largest absolute Gasteiger partial charge is 0.492 e. The van der Waals surface area contributed by atoms with Crippen molar-refractivity contribution in [1.29, 1.82) is 0 Å². The van der Waals surface area contributed by atoms with Gasteiger partial charge in [0.05, 0.1) is 6.54 Å². The molecule has 0 atom stereocenters. The lowest BCUT2D eigenvalue weighted by atomic mass is 10.2. The van der Waals surface area contributed by atoms with Crippen LogP contribution in [0.3, 0.4) is 0 Å². The Morgan fingerprint density at radius 2 is 1.69 bits per heavy atom. The minimum Gasteiger partial charge on any atom is -0.492 e. The first-order valence-electron chi connectivity index (χ1n) is 8.13. The molecule has 5 nitrogen and oxygen atoms in total. The maximum absolute atomic E-state index is 13.2. The van der Waals surface area contributed by atoms with Crippen molar-refractivity contribution < 1.29 is 13.5 Å². The molecule has 3 aromatic rings. The van der Waals surface area contributed by atoms with Gasteiger partial charge in [0, 0.05) is 18.8 Å². The van der Waals surface area contributed by atoms with Crippen LogP contribution in [0.5, 0.6) is 5.75 Å². The SMILES string of the molecule is Fc1cc(F)cc(CNc2ccnc(NCCOc3ccccc3)n2)c1. The Morgan fingerprint density at radius 1 is 0.923 bits per heavy atom. The average molecular weight is 356 g/mol. The number of benzene rings is 2. The molecule has 1 aromatic heterocycles. The summed E-state index contributed by atoms with van der Waals surface area (Å²) in [4.78, 5) is 8.43. The Bertz CT molecular complexity index is 826. The first-order chi connectivity index (χ1) is 12.7. The summed E-state index contributed by atoms with van der Waals surface area (Å²) < 4.78 is 32.0. The zero-order chi connectivity index (χ0) is 18.2. The number of rotatable bonds is 8. The molecular weight excluding hydrogens is 338 g/mol. The molecule has 2 aromatic carbocycles. The van der Waals surface area contributed by atoms with Gasteiger partial charge < -0.3 is 15.4 Å². The van der Waals surface area contributed by atoms with E-state index in [1.807, 2.05) is 30.3 Å². The lowest BCUT2D eigenvalue weighted by molar-refractivity contribution is 0.332. The Balaban J connectivity index is 1.48. The molecule has 26 heavy (non-hydrogen) atoms. The highest BCUT2D eigenvalue weighted by molar-refractivity contribution is 5.40. The van der Waals surface area contributed by atoms with E-state index in [1.54, 1.807) is 12.3 Å². The van der Waals surface area contributed by atoms with Crippen molar-refractivity contribution >= 4 is 11.8 Å². The van der Waals surface area contributed by atoms with Crippen molar-refractivity contribution in [2.45, 2.75) is 6.54 Å². The molecule has 7 heteroatoms. The fraction of sp³-hybridized carbons (Fsp3) is 0.158. The number of aromatic nitrogens is 2. The van der Waals surface area contributed by atoms with Crippen LogP contribution in [-0.2, 0) is 6.54 Å². The highest BCUT2D eigenvalue weighted by Gasteiger charge is 2.03. The van der Waals surface area contributed by atoms with E-state index in [-0.39, 0.29) is 6.54 Å². The molecule has 0 bridgehead atoms. The van der Waals surface area contributed by atoms with E-state index in [9.17, 15) is 8.78 Å². The summed E-state index contributed by atoms with van der Waals surface area (Å²) >= 11 is 0. The van der Waals surface area contributed by atoms with Crippen LogP contribution in [0, 0.1) is 11.6 Å². The number of ether oxygens (including phenoxy) is 1. The van der Waals surface area contributed by atoms with Gasteiger partial charge >= 0.3 is 0 Å². The number of anilines is 2. The third-order valence-electron chi connectivity index (χ3n) is 3.45. The second kappa shape index (κ2) is 8.75. The number of nitrogens with zero attached hydrogens (tertiary/aromatic N) is 2. The first-order valence-corrected chi connectivity index (χ1v) is 8.13. The van der Waals surface area contributed by atoms with Crippen LogP contribution in [0.4, 0.5) is 20.5 Å². The van der Waals surface area contributed by atoms with Crippen LogP contribution < -0.4 is 15.4 Å². The second-order valence-corrected chi connectivity index (χ2v) is 5.49. The minimum atomic E-state index is -0.606. The highest BCUT2D eigenvalue weighted by atomic mass is 19.1. The molecule has 0 aliphatic carbocycles. The normalized spacial score (nSPS) is 10.4. The smallest absolute Gasteiger partial charge is 0.224 e. The van der Waals surface area contributed by atoms with Gasteiger partial charge in [0.1, 0.15) is 29.8 Å². The van der Waals surface area contributed by atoms with Crippen LogP contribution in [0.15, 0.2) is 60.8 Å². The van der Waals surface area contributed by atoms with Crippen LogP contribution in [0.25, 0.3) is 0 Å². The zero-order valence-electron chi connectivity index (χ0n) is 14.0. The van der Waals surface area contributed by atoms with Gasteiger partial charge in [-0.2, -0.15) is 4.98 Å². The Hall–Kier alpha value is -3.22. The van der Waals surface area contributed by atoms with E-state index in [2.05, 4.69) is 20.6 Å². The minimum absolute atomic E-state index is 0.252. The van der Waals surface area contributed by atoms with Gasteiger partial charge in [-0.05, 0) is 35.9 Å². The first kappa shape index (κ1) is 17.6. The maximum atomic E-state index is 13.2. The molecule has 0 saturated heterocycles. The van der Waals surface area contributed by atoms with Crippen LogP contribution >= 0.6 is 0 Å². The molecule has 1 heterocycles. The Kier molecular flexibility index (Phi) is 5.92. The monoisotopic (exact) mass is 356 g/mol. The molecule has 0 fully saturated rings. The molecule has 0 unspecified atom stereocenters. The van der Waals surface area contributed by atoms with Gasteiger partial charge in [0.15, 0.2) is 0 Å². The standard InChI is InChI=1S/C19H18F2N4O/c20-15-10-14(11-16(21)12-15)13-24-18-6-7-22-19(25-18)23-8-9-26-17-4-2-1-3-5-17/h1-7,10-12H,8-9,13H2,(H2,22,23,24,25). The molecule has 0 aliphatic heterocycles. The maximum Gasteiger partial charge on any atom is 0.224 e. The van der Waals surface area contributed by atoms with E-state index in [0.717, 1.165) is 11.8 Å². The van der Waals surface area contributed by atoms with Crippen molar-refractivity contribution in [3.05, 3.63) is 78.0 Å². The third kappa shape index (κ3) is 5.41. The molecule has 0 saturated carbocycles. The molecule has 134 valence electrons. The average Bonchev–Trinajstić information content (AvgIpc) is 2.64. The summed E-state index contributed by atoms with van der Waals surface area (Å²) in [6, 6.07) is 14.6. The molecule has 0 amide bonds. The van der Waals surface area contributed by atoms with Crippen molar-refractivity contribution in [2.24, 2.45) is 0 Å². The molecule has 0 radical (unpaired) electrons. The van der Waals surface area contributed by atoms with Gasteiger partial charge in [-0.1, -0.05) is 18.2 Å². The quantitative estimate of drug-likeness (QED) is 0.600. The van der Waals surface area contributed by atoms with Gasteiger partial charge in [0.25, 0.3) is 0 Å². The fourth-order valence-corrected chi connectivity index (χ4v) is 2.30. The summed E-state index contributed by atoms with van der Waals surface area (Å²) in [7, 11) is 0. The van der Waals surface area contributed by atoms with Gasteiger partial charge in [-0.25, -0.2) is 13.8 Å². The van der Waals surface area contributed by atoms with E-state index in [0.29, 0.717) is 30.5 Å². The lowest BCUT2D eigenvalue weighted by Gasteiger charge is -2.09. The lowest BCUT2D eigenvalue weighted by Crippen LogP contribution is -2.14. The van der Waals surface area contributed by atoms with Gasteiger partial charge in [-0.3, -0.25) is 0 Å². The number of halogens is 2. The highest BCUT2D eigenvalue weighted by Crippen LogP contribution is 2.12. The van der Waals surface area contributed by atoms with Gasteiger partial charge in [-0.15, -0.1) is 0 Å². The van der Waals surface area contributed by atoms with E-state index in [1.165, 1.54) is 12.1 Å². The van der Waals surface area contributed by atoms with Crippen molar-refractivity contribution in [2.75, 3.05) is 23.8 Å². The van der Waals surface area contributed by atoms with Gasteiger partial charge in [0.2, 0.25) is 5.95 Å².